The van der Waals surface area contributed by atoms with Crippen LogP contribution in [-0.2, 0) is 9.84 Å². The Bertz CT molecular complexity index is 484. The van der Waals surface area contributed by atoms with E-state index in [0.29, 0.717) is 28.6 Å². The van der Waals surface area contributed by atoms with Gasteiger partial charge in [0.05, 0.1) is 20.9 Å². The molecule has 0 saturated carbocycles. The summed E-state index contributed by atoms with van der Waals surface area (Å²) in [6.07, 6.45) is 0.612. The maximum atomic E-state index is 12.1. The Morgan fingerprint density at radius 3 is 2.93 bits per heavy atom. The lowest BCUT2D eigenvalue weighted by atomic mass is 10.2. The van der Waals surface area contributed by atoms with Crippen molar-refractivity contribution in [2.24, 2.45) is 0 Å². The Hall–Kier alpha value is -0.740. The second-order valence-electron chi connectivity index (χ2n) is 3.57. The van der Waals surface area contributed by atoms with Crippen molar-refractivity contribution in [2.75, 3.05) is 11.9 Å². The summed E-state index contributed by atoms with van der Waals surface area (Å²) in [7, 11) is -3.20. The van der Waals surface area contributed by atoms with Gasteiger partial charge in [-0.25, -0.2) is 8.42 Å². The molecule has 5 heteroatoms. The Balaban J connectivity index is 2.63. The van der Waals surface area contributed by atoms with E-state index in [9.17, 15) is 8.42 Å². The largest absolute Gasteiger partial charge is 0.381 e. The predicted molar refractivity (Wildman–Crippen MR) is 61.2 cm³/mol. The molecular formula is C10H12ClNO2S. The lowest BCUT2D eigenvalue weighted by molar-refractivity contribution is 0.574. The van der Waals surface area contributed by atoms with Gasteiger partial charge in [-0.15, -0.1) is 0 Å². The summed E-state index contributed by atoms with van der Waals surface area (Å²) in [6.45, 7) is 2.31. The quantitative estimate of drug-likeness (QED) is 0.826. The van der Waals surface area contributed by atoms with Gasteiger partial charge in [0.15, 0.2) is 9.84 Å². The molecule has 0 spiro atoms. The van der Waals surface area contributed by atoms with E-state index in [0.717, 1.165) is 0 Å². The van der Waals surface area contributed by atoms with Crippen LogP contribution in [0.3, 0.4) is 0 Å². The molecule has 0 aliphatic carbocycles. The minimum Gasteiger partial charge on any atom is -0.381 e. The molecule has 1 heterocycles. The molecule has 0 saturated heterocycles. The van der Waals surface area contributed by atoms with E-state index in [1.54, 1.807) is 18.2 Å². The van der Waals surface area contributed by atoms with E-state index in [-0.39, 0.29) is 5.25 Å². The maximum Gasteiger partial charge on any atom is 0.185 e. The number of sulfone groups is 1. The lowest BCUT2D eigenvalue weighted by Gasteiger charge is -2.25. The van der Waals surface area contributed by atoms with Crippen LogP contribution >= 0.6 is 11.6 Å². The van der Waals surface area contributed by atoms with Gasteiger partial charge in [-0.1, -0.05) is 24.6 Å². The molecule has 0 bridgehead atoms. The van der Waals surface area contributed by atoms with Gasteiger partial charge >= 0.3 is 0 Å². The van der Waals surface area contributed by atoms with Crippen molar-refractivity contribution in [3.63, 3.8) is 0 Å². The molecule has 82 valence electrons. The summed E-state index contributed by atoms with van der Waals surface area (Å²) in [5, 5.41) is 3.20. The highest BCUT2D eigenvalue weighted by atomic mass is 35.5. The van der Waals surface area contributed by atoms with Crippen molar-refractivity contribution in [2.45, 2.75) is 23.5 Å². The summed E-state index contributed by atoms with van der Waals surface area (Å²) < 4.78 is 24.2. The normalized spacial score (nSPS) is 22.9. The van der Waals surface area contributed by atoms with Crippen molar-refractivity contribution >= 4 is 27.1 Å². The molecule has 0 fully saturated rings. The number of nitrogens with one attached hydrogen (secondary N) is 1. The summed E-state index contributed by atoms with van der Waals surface area (Å²) in [5.74, 6) is 0. The van der Waals surface area contributed by atoms with Gasteiger partial charge in [-0.2, -0.15) is 0 Å². The number of halogens is 1. The smallest absolute Gasteiger partial charge is 0.185 e. The fourth-order valence-electron chi connectivity index (χ4n) is 1.78. The van der Waals surface area contributed by atoms with Crippen molar-refractivity contribution < 1.29 is 8.42 Å². The van der Waals surface area contributed by atoms with Crippen molar-refractivity contribution in [1.29, 1.82) is 0 Å². The van der Waals surface area contributed by atoms with Gasteiger partial charge in [0.25, 0.3) is 0 Å². The Kier molecular flexibility index (Phi) is 2.64. The predicted octanol–water partition coefficient (Wildman–Crippen LogP) is 2.32. The number of anilines is 1. The van der Waals surface area contributed by atoms with Crippen LogP contribution < -0.4 is 5.32 Å². The van der Waals surface area contributed by atoms with Crippen molar-refractivity contribution in [3.05, 3.63) is 23.2 Å². The average molecular weight is 246 g/mol. The highest BCUT2D eigenvalue weighted by molar-refractivity contribution is 7.92. The van der Waals surface area contributed by atoms with Crippen LogP contribution in [-0.4, -0.2) is 20.2 Å². The topological polar surface area (TPSA) is 46.2 Å². The number of benzene rings is 1. The number of hydrogen-bond acceptors (Lipinski definition) is 3. The van der Waals surface area contributed by atoms with Crippen LogP contribution in [0.2, 0.25) is 5.02 Å². The zero-order valence-electron chi connectivity index (χ0n) is 8.33. The van der Waals surface area contributed by atoms with Crippen LogP contribution in [0.4, 0.5) is 5.69 Å². The third kappa shape index (κ3) is 1.62. The molecule has 1 aromatic rings. The molecule has 0 radical (unpaired) electrons. The summed E-state index contributed by atoms with van der Waals surface area (Å²) in [6, 6.07) is 4.96. The third-order valence-corrected chi connectivity index (χ3v) is 5.33. The molecule has 1 atom stereocenters. The fraction of sp³-hybridized carbons (Fsp3) is 0.400. The Morgan fingerprint density at radius 1 is 1.53 bits per heavy atom. The molecule has 0 aromatic heterocycles. The highest BCUT2D eigenvalue weighted by Gasteiger charge is 2.33. The van der Waals surface area contributed by atoms with E-state index < -0.39 is 9.84 Å². The molecule has 1 aliphatic heterocycles. The molecule has 1 aliphatic rings. The van der Waals surface area contributed by atoms with E-state index >= 15 is 0 Å². The zero-order chi connectivity index (χ0) is 11.1. The first kappa shape index (κ1) is 10.8. The SMILES string of the molecule is CCC1CNc2c(Cl)cccc2S1(=O)=O. The van der Waals surface area contributed by atoms with E-state index in [4.69, 9.17) is 11.6 Å². The molecule has 1 aromatic carbocycles. The molecule has 3 nitrogen and oxygen atoms in total. The van der Waals surface area contributed by atoms with Crippen LogP contribution in [0.5, 0.6) is 0 Å². The maximum absolute atomic E-state index is 12.1. The van der Waals surface area contributed by atoms with Gasteiger partial charge < -0.3 is 5.32 Å². The summed E-state index contributed by atoms with van der Waals surface area (Å²) in [5.41, 5.74) is 0.545. The average Bonchev–Trinajstić information content (AvgIpc) is 2.19. The first-order chi connectivity index (χ1) is 7.07. The first-order valence-corrected chi connectivity index (χ1v) is 6.76. The van der Waals surface area contributed by atoms with E-state index in [1.165, 1.54) is 0 Å². The van der Waals surface area contributed by atoms with Gasteiger partial charge in [0, 0.05) is 6.54 Å². The lowest BCUT2D eigenvalue weighted by Crippen LogP contribution is -2.33. The van der Waals surface area contributed by atoms with Gasteiger partial charge in [0.2, 0.25) is 0 Å². The van der Waals surface area contributed by atoms with Crippen molar-refractivity contribution in [1.82, 2.24) is 0 Å². The van der Waals surface area contributed by atoms with Crippen LogP contribution in [0.15, 0.2) is 23.1 Å². The molecule has 15 heavy (non-hydrogen) atoms. The molecule has 1 N–H and O–H groups in total. The second-order valence-corrected chi connectivity index (χ2v) is 6.17. The van der Waals surface area contributed by atoms with Gasteiger partial charge in [-0.05, 0) is 18.6 Å². The monoisotopic (exact) mass is 245 g/mol. The standard InChI is InChI=1S/C10H12ClNO2S/c1-2-7-6-12-10-8(11)4-3-5-9(10)15(7,13)14/h3-5,7,12H,2,6H2,1H3. The third-order valence-electron chi connectivity index (χ3n) is 2.68. The molecule has 1 unspecified atom stereocenters. The van der Waals surface area contributed by atoms with Gasteiger partial charge in [-0.3, -0.25) is 0 Å². The van der Waals surface area contributed by atoms with Crippen LogP contribution in [0.1, 0.15) is 13.3 Å². The van der Waals surface area contributed by atoms with Gasteiger partial charge in [0.1, 0.15) is 0 Å². The Morgan fingerprint density at radius 2 is 2.27 bits per heavy atom. The van der Waals surface area contributed by atoms with Crippen LogP contribution in [0, 0.1) is 0 Å². The Labute approximate surface area is 94.4 Å². The minimum absolute atomic E-state index is 0.327. The second kappa shape index (κ2) is 3.68. The first-order valence-electron chi connectivity index (χ1n) is 4.83. The minimum atomic E-state index is -3.20. The number of rotatable bonds is 1. The molecular weight excluding hydrogens is 234 g/mol. The fourth-order valence-corrected chi connectivity index (χ4v) is 3.91. The number of hydrogen-bond donors (Lipinski definition) is 1. The molecule has 2 rings (SSSR count). The highest BCUT2D eigenvalue weighted by Crippen LogP contribution is 2.35. The summed E-state index contributed by atoms with van der Waals surface area (Å²) in [4.78, 5) is 0.327. The molecule has 0 amide bonds. The van der Waals surface area contributed by atoms with E-state index in [1.807, 2.05) is 6.92 Å². The van der Waals surface area contributed by atoms with Crippen LogP contribution in [0.25, 0.3) is 0 Å². The summed E-state index contributed by atoms with van der Waals surface area (Å²) >= 11 is 5.93. The van der Waals surface area contributed by atoms with Crippen molar-refractivity contribution in [3.8, 4) is 0 Å². The van der Waals surface area contributed by atoms with E-state index in [2.05, 4.69) is 5.32 Å². The number of para-hydroxylation sites is 1. The number of fused-ring (bicyclic) bond motifs is 1. The zero-order valence-corrected chi connectivity index (χ0v) is 9.90.